The Kier molecular flexibility index (Phi) is 4.46. The SMILES string of the molecule is CC(C)c1ccc(-c2ccc(NC(=O)C3(c4ccc5c(c4)OCO5)CC3)nc2)cc1.[HH]. The van der Waals surface area contributed by atoms with Gasteiger partial charge in [-0.1, -0.05) is 44.2 Å². The summed E-state index contributed by atoms with van der Waals surface area (Å²) in [5, 5.41) is 2.99. The molecule has 0 atom stereocenters. The van der Waals surface area contributed by atoms with Crippen molar-refractivity contribution < 1.29 is 15.7 Å². The molecule has 0 bridgehead atoms. The Hall–Kier alpha value is -3.34. The Morgan fingerprint density at radius 2 is 1.73 bits per heavy atom. The second-order valence-corrected chi connectivity index (χ2v) is 8.31. The van der Waals surface area contributed by atoms with Crippen LogP contribution in [0.1, 0.15) is 45.2 Å². The zero-order valence-electron chi connectivity index (χ0n) is 17.1. The molecular formula is C25H26N2O3. The molecular weight excluding hydrogens is 376 g/mol. The number of nitrogens with zero attached hydrogens (tertiary/aromatic N) is 1. The zero-order chi connectivity index (χ0) is 20.7. The van der Waals surface area contributed by atoms with Gasteiger partial charge in [0.1, 0.15) is 5.82 Å². The third-order valence-electron chi connectivity index (χ3n) is 6.03. The quantitative estimate of drug-likeness (QED) is 0.611. The van der Waals surface area contributed by atoms with Crippen molar-refractivity contribution in [2.75, 3.05) is 12.1 Å². The molecule has 0 unspecified atom stereocenters. The van der Waals surface area contributed by atoms with Crippen LogP contribution in [0.25, 0.3) is 11.1 Å². The maximum Gasteiger partial charge on any atom is 0.236 e. The molecule has 2 aromatic carbocycles. The van der Waals surface area contributed by atoms with Crippen molar-refractivity contribution in [3.05, 3.63) is 71.9 Å². The maximum absolute atomic E-state index is 13.0. The molecule has 1 saturated carbocycles. The van der Waals surface area contributed by atoms with Gasteiger partial charge < -0.3 is 14.8 Å². The van der Waals surface area contributed by atoms with E-state index >= 15 is 0 Å². The molecule has 1 N–H and O–H groups in total. The first-order valence-electron chi connectivity index (χ1n) is 10.3. The number of carbonyl (C=O) groups is 1. The van der Waals surface area contributed by atoms with Crippen molar-refractivity contribution in [1.29, 1.82) is 0 Å². The molecule has 1 aliphatic carbocycles. The average molecular weight is 402 g/mol. The fraction of sp³-hybridized carbons (Fsp3) is 0.280. The second-order valence-electron chi connectivity index (χ2n) is 8.31. The maximum atomic E-state index is 13.0. The van der Waals surface area contributed by atoms with E-state index < -0.39 is 5.41 Å². The minimum Gasteiger partial charge on any atom is -0.454 e. The molecule has 5 nitrogen and oxygen atoms in total. The highest BCUT2D eigenvalue weighted by atomic mass is 16.7. The summed E-state index contributed by atoms with van der Waals surface area (Å²) in [5.74, 6) is 2.48. The molecule has 30 heavy (non-hydrogen) atoms. The minimum atomic E-state index is -0.506. The molecule has 2 aliphatic rings. The lowest BCUT2D eigenvalue weighted by Gasteiger charge is -2.16. The average Bonchev–Trinajstić information content (AvgIpc) is 3.45. The Morgan fingerprint density at radius 1 is 1.00 bits per heavy atom. The van der Waals surface area contributed by atoms with E-state index in [1.807, 2.05) is 30.3 Å². The number of benzene rings is 2. The van der Waals surface area contributed by atoms with Gasteiger partial charge in [0.05, 0.1) is 5.41 Å². The van der Waals surface area contributed by atoms with Crippen LogP contribution in [-0.4, -0.2) is 17.7 Å². The van der Waals surface area contributed by atoms with E-state index in [-0.39, 0.29) is 14.1 Å². The molecule has 154 valence electrons. The van der Waals surface area contributed by atoms with Gasteiger partial charge in [0.2, 0.25) is 12.7 Å². The number of aromatic nitrogens is 1. The summed E-state index contributed by atoms with van der Waals surface area (Å²) in [4.78, 5) is 17.5. The monoisotopic (exact) mass is 402 g/mol. The first-order chi connectivity index (χ1) is 14.5. The highest BCUT2D eigenvalue weighted by Crippen LogP contribution is 2.51. The van der Waals surface area contributed by atoms with Gasteiger partial charge in [-0.15, -0.1) is 0 Å². The van der Waals surface area contributed by atoms with Crippen LogP contribution < -0.4 is 14.8 Å². The molecule has 5 rings (SSSR count). The number of fused-ring (bicyclic) bond motifs is 1. The van der Waals surface area contributed by atoms with Crippen molar-refractivity contribution in [2.24, 2.45) is 0 Å². The van der Waals surface area contributed by atoms with Crippen molar-refractivity contribution >= 4 is 11.7 Å². The first-order valence-corrected chi connectivity index (χ1v) is 10.3. The zero-order valence-corrected chi connectivity index (χ0v) is 17.1. The Balaban J connectivity index is 0.00000231. The van der Waals surface area contributed by atoms with E-state index in [4.69, 9.17) is 9.47 Å². The number of hydrogen-bond acceptors (Lipinski definition) is 4. The number of hydrogen-bond donors (Lipinski definition) is 1. The largest absolute Gasteiger partial charge is 0.454 e. The summed E-state index contributed by atoms with van der Waals surface area (Å²) in [7, 11) is 0. The molecule has 1 aliphatic heterocycles. The van der Waals surface area contributed by atoms with Gasteiger partial charge >= 0.3 is 0 Å². The number of rotatable bonds is 5. The third kappa shape index (κ3) is 3.30. The van der Waals surface area contributed by atoms with Gasteiger partial charge in [0, 0.05) is 13.2 Å². The van der Waals surface area contributed by atoms with Crippen LogP contribution in [0.4, 0.5) is 5.82 Å². The van der Waals surface area contributed by atoms with E-state index in [2.05, 4.69) is 48.4 Å². The van der Waals surface area contributed by atoms with Crippen LogP contribution in [0, 0.1) is 0 Å². The summed E-state index contributed by atoms with van der Waals surface area (Å²) in [5.41, 5.74) is 3.91. The summed E-state index contributed by atoms with van der Waals surface area (Å²) in [6.45, 7) is 4.60. The van der Waals surface area contributed by atoms with E-state index in [1.165, 1.54) is 5.56 Å². The topological polar surface area (TPSA) is 60.5 Å². The summed E-state index contributed by atoms with van der Waals surface area (Å²) < 4.78 is 10.8. The Labute approximate surface area is 177 Å². The number of anilines is 1. The summed E-state index contributed by atoms with van der Waals surface area (Å²) in [6, 6.07) is 18.1. The smallest absolute Gasteiger partial charge is 0.236 e. The standard InChI is InChI=1S/C25H24N2O3.H2/c1-16(2)17-3-5-18(6-4-17)19-7-10-23(26-14-19)27-24(28)25(11-12-25)20-8-9-21-22(13-20)30-15-29-21;/h3-10,13-14,16H,11-12,15H2,1-2H3,(H,26,27,28);1H. The van der Waals surface area contributed by atoms with Crippen LogP contribution in [0.5, 0.6) is 11.5 Å². The molecule has 0 radical (unpaired) electrons. The molecule has 1 fully saturated rings. The fourth-order valence-corrected chi connectivity index (χ4v) is 3.90. The van der Waals surface area contributed by atoms with E-state index in [1.54, 1.807) is 6.20 Å². The molecule has 3 aromatic rings. The van der Waals surface area contributed by atoms with Crippen LogP contribution in [0.2, 0.25) is 0 Å². The molecule has 0 spiro atoms. The van der Waals surface area contributed by atoms with Gasteiger partial charge in [-0.2, -0.15) is 0 Å². The molecule has 5 heteroatoms. The van der Waals surface area contributed by atoms with E-state index in [0.29, 0.717) is 17.5 Å². The predicted molar refractivity (Wildman–Crippen MR) is 118 cm³/mol. The van der Waals surface area contributed by atoms with Gasteiger partial charge in [0.25, 0.3) is 0 Å². The Bertz CT molecular complexity index is 1090. The lowest BCUT2D eigenvalue weighted by Crippen LogP contribution is -2.28. The number of ether oxygens (including phenoxy) is 2. The van der Waals surface area contributed by atoms with Gasteiger partial charge in [0.15, 0.2) is 11.5 Å². The first kappa shape index (κ1) is 18.7. The third-order valence-corrected chi connectivity index (χ3v) is 6.03. The molecule has 2 heterocycles. The highest BCUT2D eigenvalue weighted by Gasteiger charge is 2.51. The molecule has 1 aromatic heterocycles. The minimum absolute atomic E-state index is 0. The van der Waals surface area contributed by atoms with Crippen molar-refractivity contribution in [1.82, 2.24) is 4.98 Å². The number of carbonyl (C=O) groups excluding carboxylic acids is 1. The number of amides is 1. The lowest BCUT2D eigenvalue weighted by molar-refractivity contribution is -0.118. The highest BCUT2D eigenvalue weighted by molar-refractivity contribution is 6.01. The van der Waals surface area contributed by atoms with Crippen LogP contribution in [-0.2, 0) is 10.2 Å². The van der Waals surface area contributed by atoms with Crippen molar-refractivity contribution in [2.45, 2.75) is 38.0 Å². The van der Waals surface area contributed by atoms with Crippen LogP contribution in [0.15, 0.2) is 60.8 Å². The molecule has 1 amide bonds. The van der Waals surface area contributed by atoms with Gasteiger partial charge in [-0.3, -0.25) is 4.79 Å². The van der Waals surface area contributed by atoms with Crippen LogP contribution >= 0.6 is 0 Å². The van der Waals surface area contributed by atoms with E-state index in [0.717, 1.165) is 35.3 Å². The van der Waals surface area contributed by atoms with Crippen LogP contribution in [0.3, 0.4) is 0 Å². The van der Waals surface area contributed by atoms with Gasteiger partial charge in [-0.05, 0) is 59.7 Å². The summed E-state index contributed by atoms with van der Waals surface area (Å²) >= 11 is 0. The van der Waals surface area contributed by atoms with Crippen molar-refractivity contribution in [3.63, 3.8) is 0 Å². The molecule has 0 saturated heterocycles. The fourth-order valence-electron chi connectivity index (χ4n) is 3.90. The van der Waals surface area contributed by atoms with Gasteiger partial charge in [-0.25, -0.2) is 4.98 Å². The van der Waals surface area contributed by atoms with Crippen molar-refractivity contribution in [3.8, 4) is 22.6 Å². The predicted octanol–water partition coefficient (Wildman–Crippen LogP) is 5.52. The van der Waals surface area contributed by atoms with E-state index in [9.17, 15) is 4.79 Å². The Morgan fingerprint density at radius 3 is 2.40 bits per heavy atom. The number of pyridine rings is 1. The lowest BCUT2D eigenvalue weighted by atomic mass is 9.94. The normalized spacial score (nSPS) is 15.8. The second kappa shape index (κ2) is 7.17. The number of nitrogens with one attached hydrogen (secondary N) is 1. The summed E-state index contributed by atoms with van der Waals surface area (Å²) in [6.07, 6.45) is 3.44.